The fraction of sp³-hybridized carbons (Fsp3) is 0.364. The van der Waals surface area contributed by atoms with Crippen LogP contribution in [0.25, 0.3) is 0 Å². The first-order valence-corrected chi connectivity index (χ1v) is 4.60. The standard InChI is InChI=1S/C11H13NO2/c1-11(2)10(13)5-7-3-4-8(12)6-9(7)14-11/h3-4,6H,5,12H2,1-2H3. The second-order valence-electron chi connectivity index (χ2n) is 4.08. The molecule has 0 amide bonds. The Morgan fingerprint density at radius 2 is 2.14 bits per heavy atom. The van der Waals surface area contributed by atoms with Crippen LogP contribution in [0, 0.1) is 0 Å². The number of nitrogens with two attached hydrogens (primary N) is 1. The molecule has 0 saturated carbocycles. The van der Waals surface area contributed by atoms with Crippen molar-refractivity contribution in [3.8, 4) is 5.75 Å². The zero-order chi connectivity index (χ0) is 10.3. The molecule has 3 heteroatoms. The van der Waals surface area contributed by atoms with E-state index >= 15 is 0 Å². The minimum absolute atomic E-state index is 0.106. The van der Waals surface area contributed by atoms with Crippen molar-refractivity contribution in [1.82, 2.24) is 0 Å². The van der Waals surface area contributed by atoms with Crippen LogP contribution in [-0.4, -0.2) is 11.4 Å². The Kier molecular flexibility index (Phi) is 1.77. The lowest BCUT2D eigenvalue weighted by Crippen LogP contribution is -2.42. The summed E-state index contributed by atoms with van der Waals surface area (Å²) in [5, 5.41) is 0. The summed E-state index contributed by atoms with van der Waals surface area (Å²) in [6.45, 7) is 3.56. The summed E-state index contributed by atoms with van der Waals surface area (Å²) < 4.78 is 5.58. The molecule has 14 heavy (non-hydrogen) atoms. The van der Waals surface area contributed by atoms with E-state index in [1.807, 2.05) is 6.07 Å². The number of fused-ring (bicyclic) bond motifs is 1. The molecule has 1 aliphatic rings. The molecule has 0 aromatic heterocycles. The first-order chi connectivity index (χ1) is 6.49. The highest BCUT2D eigenvalue weighted by molar-refractivity contribution is 5.91. The lowest BCUT2D eigenvalue weighted by atomic mass is 9.93. The Balaban J connectivity index is 2.46. The molecule has 0 atom stereocenters. The summed E-state index contributed by atoms with van der Waals surface area (Å²) >= 11 is 0. The lowest BCUT2D eigenvalue weighted by molar-refractivity contribution is -0.132. The first-order valence-electron chi connectivity index (χ1n) is 4.60. The number of ketones is 1. The van der Waals surface area contributed by atoms with E-state index in [1.54, 1.807) is 26.0 Å². The Morgan fingerprint density at radius 1 is 1.43 bits per heavy atom. The van der Waals surface area contributed by atoms with Crippen LogP contribution in [0.2, 0.25) is 0 Å². The van der Waals surface area contributed by atoms with Gasteiger partial charge < -0.3 is 10.5 Å². The maximum Gasteiger partial charge on any atom is 0.180 e. The topological polar surface area (TPSA) is 52.3 Å². The van der Waals surface area contributed by atoms with Crippen molar-refractivity contribution in [1.29, 1.82) is 0 Å². The zero-order valence-electron chi connectivity index (χ0n) is 8.33. The fourth-order valence-corrected chi connectivity index (χ4v) is 1.53. The number of rotatable bonds is 0. The number of benzene rings is 1. The Bertz CT molecular complexity index is 396. The molecule has 2 N–H and O–H groups in total. The second-order valence-corrected chi connectivity index (χ2v) is 4.08. The van der Waals surface area contributed by atoms with E-state index in [9.17, 15) is 4.79 Å². The Labute approximate surface area is 82.9 Å². The largest absolute Gasteiger partial charge is 0.480 e. The van der Waals surface area contributed by atoms with Gasteiger partial charge in [-0.2, -0.15) is 0 Å². The Morgan fingerprint density at radius 3 is 2.86 bits per heavy atom. The summed E-state index contributed by atoms with van der Waals surface area (Å²) in [7, 11) is 0. The molecule has 1 aromatic carbocycles. The molecule has 3 nitrogen and oxygen atoms in total. The van der Waals surface area contributed by atoms with Gasteiger partial charge in [-0.25, -0.2) is 0 Å². The van der Waals surface area contributed by atoms with Gasteiger partial charge in [0.1, 0.15) is 5.75 Å². The minimum atomic E-state index is -0.721. The van der Waals surface area contributed by atoms with Crippen LogP contribution in [0.1, 0.15) is 19.4 Å². The first kappa shape index (κ1) is 9.06. The third-order valence-electron chi connectivity index (χ3n) is 2.48. The predicted molar refractivity (Wildman–Crippen MR) is 54.3 cm³/mol. The number of anilines is 1. The number of carbonyl (C=O) groups excluding carboxylic acids is 1. The molecule has 1 aliphatic heterocycles. The third kappa shape index (κ3) is 1.35. The van der Waals surface area contributed by atoms with E-state index in [0.717, 1.165) is 11.3 Å². The van der Waals surface area contributed by atoms with E-state index in [0.29, 0.717) is 12.1 Å². The molecule has 0 radical (unpaired) electrons. The SMILES string of the molecule is CC1(C)Oc2cc(N)ccc2CC1=O. The lowest BCUT2D eigenvalue weighted by Gasteiger charge is -2.31. The highest BCUT2D eigenvalue weighted by Gasteiger charge is 2.34. The van der Waals surface area contributed by atoms with Crippen molar-refractivity contribution in [2.45, 2.75) is 25.9 Å². The smallest absolute Gasteiger partial charge is 0.180 e. The molecule has 74 valence electrons. The quantitative estimate of drug-likeness (QED) is 0.633. The minimum Gasteiger partial charge on any atom is -0.480 e. The third-order valence-corrected chi connectivity index (χ3v) is 2.48. The number of nitrogen functional groups attached to an aromatic ring is 1. The fourth-order valence-electron chi connectivity index (χ4n) is 1.53. The molecule has 2 rings (SSSR count). The van der Waals surface area contributed by atoms with Crippen LogP contribution in [0.3, 0.4) is 0 Å². The van der Waals surface area contributed by atoms with Crippen molar-refractivity contribution in [2.24, 2.45) is 0 Å². The van der Waals surface area contributed by atoms with Crippen LogP contribution in [0.4, 0.5) is 5.69 Å². The highest BCUT2D eigenvalue weighted by Crippen LogP contribution is 2.32. The summed E-state index contributed by atoms with van der Waals surface area (Å²) in [6.07, 6.45) is 0.433. The summed E-state index contributed by atoms with van der Waals surface area (Å²) in [5.74, 6) is 0.837. The highest BCUT2D eigenvalue weighted by atomic mass is 16.5. The van der Waals surface area contributed by atoms with Gasteiger partial charge in [-0.1, -0.05) is 6.07 Å². The molecule has 1 aromatic rings. The van der Waals surface area contributed by atoms with Gasteiger partial charge in [0.15, 0.2) is 11.4 Å². The van der Waals surface area contributed by atoms with Crippen LogP contribution in [0.5, 0.6) is 5.75 Å². The molecule has 0 spiro atoms. The average Bonchev–Trinajstić information content (AvgIpc) is 2.07. The van der Waals surface area contributed by atoms with E-state index < -0.39 is 5.60 Å². The number of hydrogen-bond acceptors (Lipinski definition) is 3. The van der Waals surface area contributed by atoms with E-state index in [-0.39, 0.29) is 5.78 Å². The molecule has 0 aliphatic carbocycles. The van der Waals surface area contributed by atoms with Crippen LogP contribution in [-0.2, 0) is 11.2 Å². The van der Waals surface area contributed by atoms with Gasteiger partial charge in [0.05, 0.1) is 0 Å². The van der Waals surface area contributed by atoms with Gasteiger partial charge in [0.25, 0.3) is 0 Å². The van der Waals surface area contributed by atoms with Crippen molar-refractivity contribution in [3.05, 3.63) is 23.8 Å². The molecule has 0 fully saturated rings. The van der Waals surface area contributed by atoms with Crippen LogP contribution >= 0.6 is 0 Å². The molecule has 0 bridgehead atoms. The van der Waals surface area contributed by atoms with Crippen molar-refractivity contribution in [3.63, 3.8) is 0 Å². The van der Waals surface area contributed by atoms with E-state index in [4.69, 9.17) is 10.5 Å². The van der Waals surface area contributed by atoms with Crippen LogP contribution < -0.4 is 10.5 Å². The normalized spacial score (nSPS) is 18.6. The van der Waals surface area contributed by atoms with Crippen LogP contribution in [0.15, 0.2) is 18.2 Å². The van der Waals surface area contributed by atoms with Crippen molar-refractivity contribution in [2.75, 3.05) is 5.73 Å². The zero-order valence-corrected chi connectivity index (χ0v) is 8.33. The average molecular weight is 191 g/mol. The molecule has 0 unspecified atom stereocenters. The number of carbonyl (C=O) groups is 1. The number of ether oxygens (including phenoxy) is 1. The van der Waals surface area contributed by atoms with Gasteiger partial charge in [0.2, 0.25) is 0 Å². The van der Waals surface area contributed by atoms with Crippen molar-refractivity contribution >= 4 is 11.5 Å². The van der Waals surface area contributed by atoms with Crippen molar-refractivity contribution < 1.29 is 9.53 Å². The van der Waals surface area contributed by atoms with Gasteiger partial charge in [-0.3, -0.25) is 4.79 Å². The predicted octanol–water partition coefficient (Wildman–Crippen LogP) is 1.55. The molecular formula is C11H13NO2. The van der Waals surface area contributed by atoms with E-state index in [2.05, 4.69) is 0 Å². The van der Waals surface area contributed by atoms with E-state index in [1.165, 1.54) is 0 Å². The second kappa shape index (κ2) is 2.74. The summed E-state index contributed by atoms with van der Waals surface area (Å²) in [6, 6.07) is 5.40. The monoisotopic (exact) mass is 191 g/mol. The summed E-state index contributed by atoms with van der Waals surface area (Å²) in [5.41, 5.74) is 6.50. The maximum atomic E-state index is 11.6. The number of Topliss-reactive ketones (excluding diaryl/α,β-unsaturated/α-hetero) is 1. The van der Waals surface area contributed by atoms with Gasteiger partial charge in [-0.05, 0) is 19.9 Å². The Hall–Kier alpha value is -1.51. The number of hydrogen-bond donors (Lipinski definition) is 1. The maximum absolute atomic E-state index is 11.6. The molecular weight excluding hydrogens is 178 g/mol. The van der Waals surface area contributed by atoms with Gasteiger partial charge in [-0.15, -0.1) is 0 Å². The summed E-state index contributed by atoms with van der Waals surface area (Å²) in [4.78, 5) is 11.6. The molecule has 0 saturated heterocycles. The molecule has 1 heterocycles. The van der Waals surface area contributed by atoms with Gasteiger partial charge in [0, 0.05) is 23.7 Å². The van der Waals surface area contributed by atoms with Gasteiger partial charge >= 0.3 is 0 Å².